The molecule has 0 bridgehead atoms. The van der Waals surface area contributed by atoms with Crippen LogP contribution >= 0.6 is 0 Å². The Morgan fingerprint density at radius 1 is 1.05 bits per heavy atom. The minimum atomic E-state index is -1.96. The zero-order valence-corrected chi connectivity index (χ0v) is 25.2. The normalized spacial score (nSPS) is 16.4. The van der Waals surface area contributed by atoms with E-state index in [1.807, 2.05) is 58.0 Å². The third kappa shape index (κ3) is 6.26. The van der Waals surface area contributed by atoms with Gasteiger partial charge in [0.15, 0.2) is 6.10 Å². The Labute approximate surface area is 223 Å². The van der Waals surface area contributed by atoms with E-state index in [1.54, 1.807) is 4.90 Å². The van der Waals surface area contributed by atoms with Gasteiger partial charge >= 0.3 is 12.1 Å². The molecule has 2 aromatic rings. The SMILES string of the molecule is CCOC(=O)[C@@H](OC(C)(C)C)c1c(C)c2c(c(C)c1[Si](C)(C)C)[C@@H](C)N(C(=O)OCc1ccccc1)C2. The van der Waals surface area contributed by atoms with E-state index in [-0.39, 0.29) is 31.3 Å². The maximum Gasteiger partial charge on any atom is 0.410 e. The molecule has 202 valence electrons. The van der Waals surface area contributed by atoms with Gasteiger partial charge in [0.25, 0.3) is 0 Å². The van der Waals surface area contributed by atoms with Gasteiger partial charge in [0, 0.05) is 0 Å². The Hall–Kier alpha value is -2.64. The molecule has 1 heterocycles. The van der Waals surface area contributed by atoms with Crippen molar-refractivity contribution in [2.24, 2.45) is 0 Å². The van der Waals surface area contributed by atoms with Gasteiger partial charge in [-0.1, -0.05) is 55.2 Å². The van der Waals surface area contributed by atoms with Gasteiger partial charge in [0.1, 0.15) is 6.61 Å². The van der Waals surface area contributed by atoms with Crippen LogP contribution in [0.25, 0.3) is 0 Å². The lowest BCUT2D eigenvalue weighted by Crippen LogP contribution is -2.46. The van der Waals surface area contributed by atoms with Gasteiger partial charge in [-0.05, 0) is 81.8 Å². The minimum Gasteiger partial charge on any atom is -0.464 e. The molecule has 1 aliphatic rings. The van der Waals surface area contributed by atoms with E-state index in [2.05, 4.69) is 40.4 Å². The number of amides is 1. The molecular weight excluding hydrogens is 482 g/mol. The van der Waals surface area contributed by atoms with Crippen LogP contribution in [0.5, 0.6) is 0 Å². The Kier molecular flexibility index (Phi) is 8.59. The van der Waals surface area contributed by atoms with Crippen molar-refractivity contribution in [1.29, 1.82) is 0 Å². The average molecular weight is 526 g/mol. The van der Waals surface area contributed by atoms with Gasteiger partial charge in [-0.3, -0.25) is 4.90 Å². The van der Waals surface area contributed by atoms with E-state index < -0.39 is 19.8 Å². The summed E-state index contributed by atoms with van der Waals surface area (Å²) in [6, 6.07) is 9.57. The van der Waals surface area contributed by atoms with Crippen molar-refractivity contribution in [2.75, 3.05) is 6.61 Å². The molecule has 1 aliphatic heterocycles. The first kappa shape index (κ1) is 28.9. The largest absolute Gasteiger partial charge is 0.464 e. The molecule has 0 N–H and O–H groups in total. The van der Waals surface area contributed by atoms with Gasteiger partial charge in [-0.25, -0.2) is 9.59 Å². The molecule has 3 rings (SSSR count). The van der Waals surface area contributed by atoms with Gasteiger partial charge in [-0.15, -0.1) is 0 Å². The molecular formula is C30H43NO5Si. The summed E-state index contributed by atoms with van der Waals surface area (Å²) >= 11 is 0. The van der Waals surface area contributed by atoms with Crippen LogP contribution in [0.4, 0.5) is 4.79 Å². The summed E-state index contributed by atoms with van der Waals surface area (Å²) in [7, 11) is -1.96. The fraction of sp³-hybridized carbons (Fsp3) is 0.533. The smallest absolute Gasteiger partial charge is 0.410 e. The summed E-state index contributed by atoms with van der Waals surface area (Å²) in [5.74, 6) is -0.371. The molecule has 6 nitrogen and oxygen atoms in total. The number of carbonyl (C=O) groups excluding carboxylic acids is 2. The van der Waals surface area contributed by atoms with E-state index in [4.69, 9.17) is 14.2 Å². The van der Waals surface area contributed by atoms with Crippen LogP contribution in [-0.2, 0) is 32.2 Å². The molecule has 0 radical (unpaired) electrons. The van der Waals surface area contributed by atoms with Crippen LogP contribution in [0.2, 0.25) is 19.6 Å². The molecule has 0 unspecified atom stereocenters. The molecule has 0 aliphatic carbocycles. The topological polar surface area (TPSA) is 65.1 Å². The van der Waals surface area contributed by atoms with Crippen LogP contribution in [0.3, 0.4) is 0 Å². The Morgan fingerprint density at radius 3 is 2.22 bits per heavy atom. The number of hydrogen-bond acceptors (Lipinski definition) is 5. The Morgan fingerprint density at radius 2 is 1.68 bits per heavy atom. The lowest BCUT2D eigenvalue weighted by molar-refractivity contribution is -0.166. The number of carbonyl (C=O) groups is 2. The number of esters is 1. The van der Waals surface area contributed by atoms with Crippen molar-refractivity contribution >= 4 is 25.3 Å². The number of ether oxygens (including phenoxy) is 3. The zero-order valence-electron chi connectivity index (χ0n) is 24.2. The second-order valence-corrected chi connectivity index (χ2v) is 16.9. The molecule has 0 aromatic heterocycles. The van der Waals surface area contributed by atoms with Crippen molar-refractivity contribution in [3.8, 4) is 0 Å². The summed E-state index contributed by atoms with van der Waals surface area (Å²) in [5, 5.41) is 1.21. The Bertz CT molecular complexity index is 1150. The minimum absolute atomic E-state index is 0.134. The lowest BCUT2D eigenvalue weighted by atomic mass is 9.89. The predicted octanol–water partition coefficient (Wildman–Crippen LogP) is 6.48. The molecule has 0 saturated carbocycles. The average Bonchev–Trinajstić information content (AvgIpc) is 3.15. The van der Waals surface area contributed by atoms with Crippen molar-refractivity contribution in [3.05, 3.63) is 63.7 Å². The van der Waals surface area contributed by atoms with Crippen LogP contribution < -0.4 is 5.19 Å². The maximum atomic E-state index is 13.3. The zero-order chi connectivity index (χ0) is 27.7. The number of hydrogen-bond donors (Lipinski definition) is 0. The fourth-order valence-corrected chi connectivity index (χ4v) is 7.85. The summed E-state index contributed by atoms with van der Waals surface area (Å²) in [5.41, 5.74) is 5.70. The molecule has 0 saturated heterocycles. The van der Waals surface area contributed by atoms with Gasteiger partial charge in [0.05, 0.1) is 32.9 Å². The highest BCUT2D eigenvalue weighted by Gasteiger charge is 2.42. The highest BCUT2D eigenvalue weighted by atomic mass is 28.3. The molecule has 0 fully saturated rings. The first-order valence-corrected chi connectivity index (χ1v) is 16.6. The van der Waals surface area contributed by atoms with E-state index in [9.17, 15) is 9.59 Å². The third-order valence-corrected chi connectivity index (χ3v) is 9.01. The van der Waals surface area contributed by atoms with Crippen LogP contribution in [0.1, 0.15) is 80.1 Å². The first-order chi connectivity index (χ1) is 17.2. The van der Waals surface area contributed by atoms with Crippen molar-refractivity contribution in [2.45, 2.75) is 99.0 Å². The monoisotopic (exact) mass is 525 g/mol. The first-order valence-electron chi connectivity index (χ1n) is 13.1. The van der Waals surface area contributed by atoms with E-state index in [0.717, 1.165) is 33.4 Å². The molecule has 2 atom stereocenters. The van der Waals surface area contributed by atoms with Crippen LogP contribution in [0.15, 0.2) is 30.3 Å². The summed E-state index contributed by atoms with van der Waals surface area (Å²) in [6.45, 7) is 21.7. The summed E-state index contributed by atoms with van der Waals surface area (Å²) in [6.07, 6.45) is -1.17. The predicted molar refractivity (Wildman–Crippen MR) is 150 cm³/mol. The van der Waals surface area contributed by atoms with E-state index in [0.29, 0.717) is 6.54 Å². The second-order valence-electron chi connectivity index (χ2n) is 11.9. The van der Waals surface area contributed by atoms with E-state index in [1.165, 1.54) is 5.19 Å². The number of nitrogens with zero attached hydrogens (tertiary/aromatic N) is 1. The molecule has 7 heteroatoms. The number of rotatable bonds is 7. The molecule has 2 aromatic carbocycles. The van der Waals surface area contributed by atoms with Gasteiger partial charge in [-0.2, -0.15) is 0 Å². The standard InChI is InChI=1S/C30H43NO5Si/c1-11-34-28(32)26(36-30(5,6)7)25-19(2)23-17-31(29(33)35-18-22-15-13-12-14-16-22)21(4)24(23)20(3)27(25)37(8,9)10/h12-16,21,26H,11,17-18H2,1-10H3/t21-,26+/m1/s1. The number of fused-ring (bicyclic) bond motifs is 1. The molecule has 0 spiro atoms. The number of benzene rings is 2. The lowest BCUT2D eigenvalue weighted by Gasteiger charge is -2.34. The van der Waals surface area contributed by atoms with E-state index >= 15 is 0 Å². The van der Waals surface area contributed by atoms with Crippen LogP contribution in [-0.4, -0.2) is 37.2 Å². The molecule has 1 amide bonds. The van der Waals surface area contributed by atoms with Crippen molar-refractivity contribution in [3.63, 3.8) is 0 Å². The Balaban J connectivity index is 2.10. The summed E-state index contributed by atoms with van der Waals surface area (Å²) in [4.78, 5) is 28.3. The van der Waals surface area contributed by atoms with Gasteiger partial charge in [0.2, 0.25) is 0 Å². The quantitative estimate of drug-likeness (QED) is 0.306. The molecule has 37 heavy (non-hydrogen) atoms. The highest BCUT2D eigenvalue weighted by molar-refractivity contribution is 6.89. The summed E-state index contributed by atoms with van der Waals surface area (Å²) < 4.78 is 17.6. The maximum absolute atomic E-state index is 13.3. The fourth-order valence-electron chi connectivity index (χ4n) is 5.46. The van der Waals surface area contributed by atoms with Crippen LogP contribution in [0, 0.1) is 13.8 Å². The van der Waals surface area contributed by atoms with Crippen molar-refractivity contribution in [1.82, 2.24) is 4.90 Å². The highest BCUT2D eigenvalue weighted by Crippen LogP contribution is 2.42. The van der Waals surface area contributed by atoms with Crippen molar-refractivity contribution < 1.29 is 23.8 Å². The third-order valence-electron chi connectivity index (χ3n) is 6.87. The van der Waals surface area contributed by atoms with Gasteiger partial charge < -0.3 is 14.2 Å². The second kappa shape index (κ2) is 11.0.